The van der Waals surface area contributed by atoms with Crippen molar-refractivity contribution in [1.82, 2.24) is 39.9 Å². The first-order valence-corrected chi connectivity index (χ1v) is 37.3. The highest BCUT2D eigenvalue weighted by atomic mass is 35.5. The van der Waals surface area contributed by atoms with E-state index in [1.165, 1.54) is 43.9 Å². The number of ether oxygens (including phenoxy) is 3. The quantitative estimate of drug-likeness (QED) is 0.0509. The molecular weight excluding hydrogens is 1250 g/mol. The van der Waals surface area contributed by atoms with Gasteiger partial charge in [-0.15, -0.1) is 5.54 Å². The first-order chi connectivity index (χ1) is 45.3. The van der Waals surface area contributed by atoms with Gasteiger partial charge in [-0.3, -0.25) is 39.5 Å². The number of amides is 5. The van der Waals surface area contributed by atoms with Crippen LogP contribution in [0, 0.1) is 39.8 Å². The molecule has 2 aliphatic carbocycles. The summed E-state index contributed by atoms with van der Waals surface area (Å²) in [5.41, 5.74) is 6.56. The lowest BCUT2D eigenvalue weighted by Gasteiger charge is -2.47. The van der Waals surface area contributed by atoms with E-state index in [0.29, 0.717) is 124 Å². The summed E-state index contributed by atoms with van der Waals surface area (Å²) < 4.78 is 54.4. The van der Waals surface area contributed by atoms with Crippen molar-refractivity contribution in [1.29, 1.82) is 0 Å². The van der Waals surface area contributed by atoms with E-state index in [2.05, 4.69) is 88.9 Å². The zero-order valence-corrected chi connectivity index (χ0v) is 58.6. The first kappa shape index (κ1) is 66.9. The summed E-state index contributed by atoms with van der Waals surface area (Å²) in [5.74, 6) is 2.58. The highest BCUT2D eigenvalue weighted by molar-refractivity contribution is 6.90. The van der Waals surface area contributed by atoms with Gasteiger partial charge in [-0.25, -0.2) is 18.4 Å². The second-order valence-corrected chi connectivity index (χ2v) is 37.0. The summed E-state index contributed by atoms with van der Waals surface area (Å²) >= 11 is 6.51. The Morgan fingerprint density at radius 3 is 2.14 bits per heavy atom. The van der Waals surface area contributed by atoms with E-state index in [1.807, 2.05) is 21.9 Å². The number of benzene rings is 3. The number of aromatic nitrogens is 3. The molecule has 22 heteroatoms. The molecule has 6 aliphatic heterocycles. The molecule has 4 atom stereocenters. The number of carbonyl (C=O) groups excluding carboxylic acids is 3. The number of anilines is 2. The lowest BCUT2D eigenvalue weighted by molar-refractivity contribution is -0.120. The molecule has 8 aliphatic rings. The second-order valence-electron chi connectivity index (χ2n) is 31.0. The van der Waals surface area contributed by atoms with Crippen LogP contribution in [-0.4, -0.2) is 175 Å². The van der Waals surface area contributed by atoms with E-state index in [1.54, 1.807) is 29.2 Å². The van der Waals surface area contributed by atoms with Gasteiger partial charge in [-0.1, -0.05) is 92.0 Å². The molecule has 95 heavy (non-hydrogen) atoms. The minimum absolute atomic E-state index is 0.00488. The Hall–Kier alpha value is -6.70. The molecule has 2 aromatic heterocycles. The van der Waals surface area contributed by atoms with Gasteiger partial charge in [0.2, 0.25) is 5.91 Å². The summed E-state index contributed by atoms with van der Waals surface area (Å²) in [7, 11) is -0.895. The van der Waals surface area contributed by atoms with E-state index >= 15 is 8.78 Å². The van der Waals surface area contributed by atoms with Crippen molar-refractivity contribution in [2.45, 2.75) is 186 Å². The fraction of sp³-hybridized carbons (Fsp3) is 0.603. The third-order valence-corrected chi connectivity index (χ3v) is 29.9. The van der Waals surface area contributed by atoms with Gasteiger partial charge in [0.05, 0.1) is 40.4 Å². The van der Waals surface area contributed by atoms with Crippen molar-refractivity contribution in [3.05, 3.63) is 75.9 Å². The number of hydrogen-bond acceptors (Lipinski definition) is 13. The molecule has 2 saturated carbocycles. The lowest BCUT2D eigenvalue weighted by Crippen LogP contribution is -2.55. The van der Waals surface area contributed by atoms with Gasteiger partial charge in [0.1, 0.15) is 25.1 Å². The maximum absolute atomic E-state index is 18.5. The molecule has 8 heterocycles. The predicted molar refractivity (Wildman–Crippen MR) is 367 cm³/mol. The van der Waals surface area contributed by atoms with Crippen LogP contribution in [0.3, 0.4) is 0 Å². The molecule has 13 rings (SSSR count). The van der Waals surface area contributed by atoms with E-state index in [-0.39, 0.29) is 83.0 Å². The summed E-state index contributed by atoms with van der Waals surface area (Å²) in [6.07, 6.45) is 11.9. The van der Waals surface area contributed by atoms with Gasteiger partial charge in [0.15, 0.2) is 24.2 Å². The van der Waals surface area contributed by atoms with Crippen molar-refractivity contribution < 1.29 is 47.3 Å². The standard InChI is InChI=1S/C73H93ClF2N10O8Si/c1-43(2)95(44(3)4,45(5)6)30-20-53-55(71(7,8)9)15-11-47-32-58(94-42-92-10)62(75)61(60(47)53)65-63(76)64-54(34-77-65)66(83-36-49-13-14-50(37-83)86(49)70(90)91)80-68(79-64)93-41-73(23-24-73)40-84-39-51-33-52(84)38-82(51)35-46-17-21-72(22-18-46)25-28-81(29-26-72)67(88)48-12-16-56(74)57(31-48)85-27-19-59(87)78-69(85)89/h11-12,15-16,31-32,34,43-46,49-52H,13-14,17-19,21-29,33,35-42H2,1-10H3,(H,90,91)(H,78,87,89). The molecule has 1 spiro atoms. The number of nitrogens with one attached hydrogen (secondary N) is 1. The SMILES string of the molecule is COCOc1cc2ccc(C(C)(C)C)c(C#C[Si](C(C)C)(C(C)C)C(C)C)c2c(-c2ncc3c(N4CC5CCC(C4)N5C(=O)O)nc(OCC4(CN5CC6CC5CN6CC5CCC6(CC5)CCN(C(=O)c5ccc(Cl)c(N7CCC(=O)NC7=O)c5)CC6)CC4)nc3c2F)c1F. The van der Waals surface area contributed by atoms with Crippen LogP contribution in [0.15, 0.2) is 42.6 Å². The van der Waals surface area contributed by atoms with Crippen LogP contribution in [0.5, 0.6) is 11.8 Å². The third kappa shape index (κ3) is 12.6. The number of imide groups is 1. The Kier molecular flexibility index (Phi) is 18.3. The number of hydrogen-bond donors (Lipinski definition) is 2. The summed E-state index contributed by atoms with van der Waals surface area (Å²) in [4.78, 5) is 78.0. The van der Waals surface area contributed by atoms with Gasteiger partial charge in [-0.05, 0) is 139 Å². The maximum Gasteiger partial charge on any atom is 0.407 e. The molecule has 5 amide bonds. The third-order valence-electron chi connectivity index (χ3n) is 23.3. The van der Waals surface area contributed by atoms with Crippen molar-refractivity contribution in [2.75, 3.05) is 89.2 Å². The van der Waals surface area contributed by atoms with Gasteiger partial charge >= 0.3 is 18.1 Å². The fourth-order valence-electron chi connectivity index (χ4n) is 17.9. The van der Waals surface area contributed by atoms with Crippen LogP contribution < -0.4 is 24.6 Å². The minimum Gasteiger partial charge on any atom is -0.465 e. The van der Waals surface area contributed by atoms with E-state index in [0.717, 1.165) is 63.8 Å². The Morgan fingerprint density at radius 1 is 0.832 bits per heavy atom. The molecule has 4 bridgehead atoms. The van der Waals surface area contributed by atoms with Gasteiger partial charge in [-0.2, -0.15) is 9.97 Å². The molecular formula is C73H93ClF2N10O8Si. The van der Waals surface area contributed by atoms with Crippen molar-refractivity contribution in [3.63, 3.8) is 0 Å². The van der Waals surface area contributed by atoms with Crippen LogP contribution in [0.1, 0.15) is 161 Å². The molecule has 508 valence electrons. The number of rotatable bonds is 17. The molecule has 4 unspecified atom stereocenters. The molecule has 8 fully saturated rings. The average Bonchev–Trinajstić information content (AvgIpc) is 1.72. The Morgan fingerprint density at radius 2 is 1.52 bits per heavy atom. The maximum atomic E-state index is 18.5. The van der Waals surface area contributed by atoms with Crippen LogP contribution >= 0.6 is 11.6 Å². The van der Waals surface area contributed by atoms with Gasteiger partial charge in [0.25, 0.3) is 5.91 Å². The summed E-state index contributed by atoms with van der Waals surface area (Å²) in [5, 5.41) is 14.3. The number of piperidine rings is 1. The highest BCUT2D eigenvalue weighted by Crippen LogP contribution is 2.52. The van der Waals surface area contributed by atoms with Crippen LogP contribution in [-0.2, 0) is 14.9 Å². The topological polar surface area (TPSA) is 186 Å². The zero-order chi connectivity index (χ0) is 67.2. The molecule has 5 aromatic rings. The Bertz CT molecular complexity index is 3870. The number of fused-ring (bicyclic) bond motifs is 6. The number of pyridine rings is 1. The number of halogens is 3. The van der Waals surface area contributed by atoms with Crippen molar-refractivity contribution in [3.8, 4) is 34.5 Å². The van der Waals surface area contributed by atoms with Crippen molar-refractivity contribution in [2.24, 2.45) is 16.7 Å². The monoisotopic (exact) mass is 1340 g/mol. The summed E-state index contributed by atoms with van der Waals surface area (Å²) in [6, 6.07) is 10.5. The molecule has 0 radical (unpaired) electrons. The Labute approximate surface area is 563 Å². The zero-order valence-electron chi connectivity index (χ0n) is 56.9. The van der Waals surface area contributed by atoms with E-state index < -0.39 is 37.2 Å². The number of nitrogens with zero attached hydrogens (tertiary/aromatic N) is 9. The van der Waals surface area contributed by atoms with Crippen LogP contribution in [0.25, 0.3) is 32.9 Å². The predicted octanol–water partition coefficient (Wildman–Crippen LogP) is 13.4. The average molecular weight is 1340 g/mol. The van der Waals surface area contributed by atoms with Crippen LogP contribution in [0.4, 0.5) is 29.9 Å². The molecule has 2 N–H and O–H groups in total. The normalized spacial score (nSPS) is 23.0. The number of piperazine rings is 2. The number of carboxylic acid groups (broad SMARTS) is 1. The van der Waals surface area contributed by atoms with Crippen molar-refractivity contribution >= 4 is 76.8 Å². The first-order valence-electron chi connectivity index (χ1n) is 34.7. The lowest BCUT2D eigenvalue weighted by atomic mass is 9.65. The van der Waals surface area contributed by atoms with Gasteiger partial charge in [0, 0.05) is 113 Å². The smallest absolute Gasteiger partial charge is 0.407 e. The number of likely N-dealkylation sites (tertiary alicyclic amines) is 3. The van der Waals surface area contributed by atoms with E-state index in [4.69, 9.17) is 40.8 Å². The highest BCUT2D eigenvalue weighted by Gasteiger charge is 2.52. The number of methoxy groups -OCH3 is 1. The number of urea groups is 1. The van der Waals surface area contributed by atoms with Gasteiger partial charge < -0.3 is 29.1 Å². The largest absolute Gasteiger partial charge is 0.465 e. The summed E-state index contributed by atoms with van der Waals surface area (Å²) in [6.45, 7) is 26.3. The fourth-order valence-corrected chi connectivity index (χ4v) is 23.3. The Balaban J connectivity index is 0.721. The van der Waals surface area contributed by atoms with Crippen LogP contribution in [0.2, 0.25) is 21.6 Å². The van der Waals surface area contributed by atoms with E-state index in [9.17, 15) is 24.3 Å². The molecule has 3 aromatic carbocycles. The second kappa shape index (κ2) is 25.9. The number of carbonyl (C=O) groups is 4. The molecule has 6 saturated heterocycles. The minimum atomic E-state index is -2.36. The molecule has 18 nitrogen and oxygen atoms in total.